The van der Waals surface area contributed by atoms with Crippen molar-refractivity contribution in [3.8, 4) is 11.5 Å². The predicted octanol–water partition coefficient (Wildman–Crippen LogP) is 5.66. The Balaban J connectivity index is 1.22. The zero-order valence-electron chi connectivity index (χ0n) is 22.0. The highest BCUT2D eigenvalue weighted by Gasteiger charge is 2.32. The van der Waals surface area contributed by atoms with Crippen LogP contribution in [0.25, 0.3) is 10.2 Å². The third-order valence-corrected chi connectivity index (χ3v) is 8.37. The van der Waals surface area contributed by atoms with Crippen LogP contribution in [0.5, 0.6) is 11.5 Å². The van der Waals surface area contributed by atoms with E-state index in [1.165, 1.54) is 11.3 Å². The van der Waals surface area contributed by atoms with Crippen molar-refractivity contribution in [1.82, 2.24) is 15.6 Å². The van der Waals surface area contributed by atoms with Gasteiger partial charge in [-0.1, -0.05) is 18.2 Å². The van der Waals surface area contributed by atoms with E-state index in [1.54, 1.807) is 11.1 Å². The molecule has 1 unspecified atom stereocenters. The number of hydrogen-bond donors (Lipinski definition) is 3. The number of rotatable bonds is 7. The molecule has 204 valence electrons. The summed E-state index contributed by atoms with van der Waals surface area (Å²) >= 11 is 1.45. The van der Waals surface area contributed by atoms with Crippen LogP contribution in [0, 0.1) is 12.8 Å². The van der Waals surface area contributed by atoms with Crippen LogP contribution in [0.1, 0.15) is 29.7 Å². The van der Waals surface area contributed by atoms with Crippen LogP contribution in [0.15, 0.2) is 60.8 Å². The molecular weight excluding hydrogens is 526 g/mol. The number of benzene rings is 2. The largest absolute Gasteiger partial charge is 0.457 e. The number of thiophene rings is 1. The average molecular weight is 556 g/mol. The third kappa shape index (κ3) is 5.15. The number of aryl methyl sites for hydroxylation is 2. The molecule has 1 atom stereocenters. The molecule has 3 N–H and O–H groups in total. The molecule has 9 nitrogen and oxygen atoms in total. The van der Waals surface area contributed by atoms with Crippen molar-refractivity contribution >= 4 is 56.5 Å². The average Bonchev–Trinajstić information content (AvgIpc) is 3.32. The van der Waals surface area contributed by atoms with E-state index in [0.29, 0.717) is 24.4 Å². The first-order chi connectivity index (χ1) is 19.5. The van der Waals surface area contributed by atoms with Crippen LogP contribution >= 0.6 is 11.3 Å². The summed E-state index contributed by atoms with van der Waals surface area (Å²) in [7, 11) is 0. The van der Waals surface area contributed by atoms with Gasteiger partial charge >= 0.3 is 6.03 Å². The zero-order chi connectivity index (χ0) is 27.6. The zero-order valence-corrected chi connectivity index (χ0v) is 22.8. The van der Waals surface area contributed by atoms with Crippen molar-refractivity contribution in [3.05, 3.63) is 71.2 Å². The molecule has 4 heterocycles. The molecule has 0 radical (unpaired) electrons. The van der Waals surface area contributed by atoms with Gasteiger partial charge < -0.3 is 15.4 Å². The maximum absolute atomic E-state index is 13.5. The first kappa shape index (κ1) is 26.0. The van der Waals surface area contributed by atoms with Crippen molar-refractivity contribution < 1.29 is 19.1 Å². The Bertz CT molecular complexity index is 1600. The molecule has 0 bridgehead atoms. The predicted molar refractivity (Wildman–Crippen MR) is 156 cm³/mol. The van der Waals surface area contributed by atoms with Crippen LogP contribution in [0.2, 0.25) is 0 Å². The Morgan fingerprint density at radius 1 is 1.12 bits per heavy atom. The number of ether oxygens (including phenoxy) is 1. The van der Waals surface area contributed by atoms with Gasteiger partial charge in [0.05, 0.1) is 28.4 Å². The number of para-hydroxylation sites is 1. The van der Waals surface area contributed by atoms with Gasteiger partial charge in [0.1, 0.15) is 16.3 Å². The summed E-state index contributed by atoms with van der Waals surface area (Å²) in [5.74, 6) is 0.701. The van der Waals surface area contributed by atoms with Crippen molar-refractivity contribution in [2.75, 3.05) is 23.3 Å². The van der Waals surface area contributed by atoms with E-state index in [1.807, 2.05) is 61.5 Å². The van der Waals surface area contributed by atoms with Gasteiger partial charge in [-0.25, -0.2) is 9.78 Å². The molecule has 0 saturated carbocycles. The van der Waals surface area contributed by atoms with Crippen LogP contribution in [0.3, 0.4) is 0 Å². The fraction of sp³-hybridized carbons (Fsp3) is 0.267. The number of imide groups is 1. The Labute approximate surface area is 235 Å². The molecule has 4 amide bonds. The van der Waals surface area contributed by atoms with Crippen LogP contribution in [0.4, 0.5) is 21.9 Å². The number of urea groups is 1. The van der Waals surface area contributed by atoms with Crippen molar-refractivity contribution in [2.45, 2.75) is 32.6 Å². The van der Waals surface area contributed by atoms with Crippen molar-refractivity contribution in [2.24, 2.45) is 5.92 Å². The standard InChI is InChI=1S/C30H29N5O4S/c1-18-16-21(39-20-7-3-2-4-8-20)9-10-22(18)35-23-13-15-32-29-26(23)27(34-30(35)38)24(40-29)11-12-25(36)33-28(37)19-6-5-14-31-17-19/h2-4,7-10,13,15-16,19,31H,5-6,11-12,14,17H2,1H3,(H,34,38)(H,33,36,37). The molecule has 1 fully saturated rings. The molecule has 2 aliphatic rings. The smallest absolute Gasteiger partial charge is 0.331 e. The van der Waals surface area contributed by atoms with Gasteiger partial charge in [0.2, 0.25) is 11.8 Å². The quantitative estimate of drug-likeness (QED) is 0.271. The van der Waals surface area contributed by atoms with Gasteiger partial charge in [0, 0.05) is 24.0 Å². The Morgan fingerprint density at radius 3 is 2.75 bits per heavy atom. The monoisotopic (exact) mass is 555 g/mol. The summed E-state index contributed by atoms with van der Waals surface area (Å²) in [5.41, 5.74) is 3.03. The van der Waals surface area contributed by atoms with E-state index in [4.69, 9.17) is 4.74 Å². The molecule has 2 aromatic carbocycles. The highest BCUT2D eigenvalue weighted by Crippen LogP contribution is 2.46. The highest BCUT2D eigenvalue weighted by molar-refractivity contribution is 7.19. The second kappa shape index (κ2) is 11.1. The molecule has 0 aliphatic carbocycles. The van der Waals surface area contributed by atoms with Gasteiger partial charge in [-0.15, -0.1) is 11.3 Å². The number of amides is 4. The van der Waals surface area contributed by atoms with E-state index in [-0.39, 0.29) is 30.2 Å². The number of aromatic nitrogens is 1. The minimum Gasteiger partial charge on any atom is -0.457 e. The summed E-state index contributed by atoms with van der Waals surface area (Å²) in [6.07, 6.45) is 3.94. The van der Waals surface area contributed by atoms with Crippen LogP contribution in [-0.2, 0) is 16.0 Å². The van der Waals surface area contributed by atoms with Gasteiger partial charge in [-0.3, -0.25) is 19.8 Å². The van der Waals surface area contributed by atoms with Crippen molar-refractivity contribution in [1.29, 1.82) is 0 Å². The molecule has 40 heavy (non-hydrogen) atoms. The Hall–Kier alpha value is -4.28. The topological polar surface area (TPSA) is 113 Å². The molecule has 10 heteroatoms. The summed E-state index contributed by atoms with van der Waals surface area (Å²) in [5, 5.41) is 9.62. The number of carbonyl (C=O) groups excluding carboxylic acids is 3. The van der Waals surface area contributed by atoms with Crippen LogP contribution < -0.4 is 25.6 Å². The lowest BCUT2D eigenvalue weighted by atomic mass is 9.99. The Morgan fingerprint density at radius 2 is 1.98 bits per heavy atom. The lowest BCUT2D eigenvalue weighted by molar-refractivity contribution is -0.133. The van der Waals surface area contributed by atoms with E-state index < -0.39 is 0 Å². The number of nitrogens with zero attached hydrogens (tertiary/aromatic N) is 2. The highest BCUT2D eigenvalue weighted by atomic mass is 32.1. The normalized spacial score (nSPS) is 16.5. The minimum atomic E-state index is -0.314. The molecule has 1 saturated heterocycles. The lowest BCUT2D eigenvalue weighted by Crippen LogP contribution is -2.42. The molecule has 2 aromatic heterocycles. The number of hydrogen-bond acceptors (Lipinski definition) is 7. The first-order valence-electron chi connectivity index (χ1n) is 13.4. The SMILES string of the molecule is Cc1cc(Oc2ccccc2)ccc1N1C(=O)Nc2c(CCC(=O)NC(=O)C3CCCNC3)sc3nccc1c23. The molecule has 2 aliphatic heterocycles. The van der Waals surface area contributed by atoms with E-state index in [2.05, 4.69) is 20.9 Å². The second-order valence-corrected chi connectivity index (χ2v) is 11.1. The molecule has 4 aromatic rings. The number of pyridine rings is 1. The van der Waals surface area contributed by atoms with Gasteiger partial charge in [-0.2, -0.15) is 0 Å². The van der Waals surface area contributed by atoms with Gasteiger partial charge in [0.15, 0.2) is 0 Å². The van der Waals surface area contributed by atoms with Crippen molar-refractivity contribution in [3.63, 3.8) is 0 Å². The lowest BCUT2D eigenvalue weighted by Gasteiger charge is -2.29. The maximum atomic E-state index is 13.5. The summed E-state index contributed by atoms with van der Waals surface area (Å²) in [4.78, 5) is 46.3. The number of carbonyl (C=O) groups is 3. The van der Waals surface area contributed by atoms with E-state index in [9.17, 15) is 14.4 Å². The Kier molecular flexibility index (Phi) is 7.19. The summed E-state index contributed by atoms with van der Waals surface area (Å²) < 4.78 is 5.97. The fourth-order valence-corrected chi connectivity index (χ4v) is 6.35. The maximum Gasteiger partial charge on any atom is 0.331 e. The first-order valence-corrected chi connectivity index (χ1v) is 14.2. The minimum absolute atomic E-state index is 0.141. The second-order valence-electron chi connectivity index (χ2n) is 10.00. The van der Waals surface area contributed by atoms with Crippen LogP contribution in [-0.4, -0.2) is 35.9 Å². The molecular formula is C30H29N5O4S. The third-order valence-electron chi connectivity index (χ3n) is 7.22. The molecule has 6 rings (SSSR count). The number of nitrogens with one attached hydrogen (secondary N) is 3. The summed E-state index contributed by atoms with van der Waals surface area (Å²) in [6.45, 7) is 3.44. The summed E-state index contributed by atoms with van der Waals surface area (Å²) in [6, 6.07) is 16.7. The van der Waals surface area contributed by atoms with E-state index in [0.717, 1.165) is 57.2 Å². The molecule has 0 spiro atoms. The fourth-order valence-electron chi connectivity index (χ4n) is 5.23. The van der Waals surface area contributed by atoms with E-state index >= 15 is 0 Å². The number of piperidine rings is 1. The van der Waals surface area contributed by atoms with Gasteiger partial charge in [-0.05, 0) is 74.7 Å². The number of anilines is 3. The van der Waals surface area contributed by atoms with Gasteiger partial charge in [0.25, 0.3) is 0 Å².